The summed E-state index contributed by atoms with van der Waals surface area (Å²) in [4.78, 5) is 27.3. The van der Waals surface area contributed by atoms with E-state index in [0.717, 1.165) is 20.9 Å². The molecule has 0 saturated heterocycles. The number of alkyl halides is 1. The monoisotopic (exact) mass is 478 g/mol. The first-order chi connectivity index (χ1) is 11.4. The van der Waals surface area contributed by atoms with Gasteiger partial charge in [0.1, 0.15) is 16.8 Å². The van der Waals surface area contributed by atoms with Crippen LogP contribution in [0.5, 0.6) is 5.75 Å². The molecule has 5 nitrogen and oxygen atoms in total. The maximum absolute atomic E-state index is 11.6. The van der Waals surface area contributed by atoms with Gasteiger partial charge in [-0.2, -0.15) is 0 Å². The molecule has 0 heterocycles. The van der Waals surface area contributed by atoms with E-state index in [2.05, 4.69) is 36.9 Å². The van der Waals surface area contributed by atoms with Crippen LogP contribution in [0.4, 0.5) is 0 Å². The Hall–Kier alpha value is -0.760. The summed E-state index contributed by atoms with van der Waals surface area (Å²) in [6, 6.07) is 3.95. The van der Waals surface area contributed by atoms with Crippen molar-refractivity contribution in [3.63, 3.8) is 0 Å². The second-order valence-electron chi connectivity index (χ2n) is 5.32. The Balaban J connectivity index is 1.87. The van der Waals surface area contributed by atoms with Gasteiger partial charge in [0.2, 0.25) is 5.78 Å². The number of benzene rings is 1. The van der Waals surface area contributed by atoms with Gasteiger partial charge in [-0.3, -0.25) is 14.6 Å². The zero-order chi connectivity index (χ0) is 17.7. The van der Waals surface area contributed by atoms with Crippen molar-refractivity contribution in [2.75, 3.05) is 19.7 Å². The zero-order valence-corrected chi connectivity index (χ0v) is 16.8. The molecule has 2 N–H and O–H groups in total. The molecule has 1 aliphatic rings. The third-order valence-electron chi connectivity index (χ3n) is 3.46. The molecule has 1 fully saturated rings. The van der Waals surface area contributed by atoms with E-state index in [9.17, 15) is 9.59 Å². The molecule has 0 bridgehead atoms. The quantitative estimate of drug-likeness (QED) is 0.480. The van der Waals surface area contributed by atoms with Crippen molar-refractivity contribution in [3.8, 4) is 5.75 Å². The zero-order valence-electron chi connectivity index (χ0n) is 12.9. The second kappa shape index (κ2) is 9.08. The molecule has 24 heavy (non-hydrogen) atoms. The van der Waals surface area contributed by atoms with E-state index in [1.807, 2.05) is 12.1 Å². The summed E-state index contributed by atoms with van der Waals surface area (Å²) in [5.74, 6) is 0.0581. The minimum absolute atomic E-state index is 0.0106. The van der Waals surface area contributed by atoms with Crippen LogP contribution in [-0.2, 0) is 16.0 Å². The van der Waals surface area contributed by atoms with Gasteiger partial charge in [0.15, 0.2) is 5.78 Å². The Morgan fingerprint density at radius 3 is 2.50 bits per heavy atom. The smallest absolute Gasteiger partial charge is 0.202 e. The molecule has 0 aliphatic heterocycles. The van der Waals surface area contributed by atoms with Gasteiger partial charge < -0.3 is 10.5 Å². The van der Waals surface area contributed by atoms with Crippen LogP contribution < -0.4 is 10.5 Å². The van der Waals surface area contributed by atoms with Crippen molar-refractivity contribution in [1.82, 2.24) is 0 Å². The van der Waals surface area contributed by atoms with E-state index in [1.165, 1.54) is 0 Å². The number of hydrogen-bond acceptors (Lipinski definition) is 5. The molecule has 8 heteroatoms. The lowest BCUT2D eigenvalue weighted by Gasteiger charge is -2.11. The molecular formula is C16H17Br2ClN2O3. The van der Waals surface area contributed by atoms with Gasteiger partial charge in [0, 0.05) is 19.4 Å². The van der Waals surface area contributed by atoms with Crippen molar-refractivity contribution in [3.05, 3.63) is 26.6 Å². The molecule has 0 amide bonds. The molecule has 1 aromatic carbocycles. The highest BCUT2D eigenvalue weighted by atomic mass is 79.9. The average Bonchev–Trinajstić information content (AvgIpc) is 2.75. The van der Waals surface area contributed by atoms with Crippen molar-refractivity contribution in [1.29, 1.82) is 0 Å². The third-order valence-corrected chi connectivity index (χ3v) is 4.99. The van der Waals surface area contributed by atoms with Crippen LogP contribution in [-0.4, -0.2) is 42.4 Å². The molecular weight excluding hydrogens is 463 g/mol. The maximum atomic E-state index is 11.6. The average molecular weight is 481 g/mol. The van der Waals surface area contributed by atoms with Gasteiger partial charge in [-0.15, -0.1) is 11.6 Å². The first-order valence-electron chi connectivity index (χ1n) is 7.50. The van der Waals surface area contributed by atoms with Crippen LogP contribution in [0.3, 0.4) is 0 Å². The number of Topliss-reactive ketones (excluding diaryl/α,β-unsaturated/α-hetero) is 2. The van der Waals surface area contributed by atoms with Crippen LogP contribution in [0.1, 0.15) is 18.4 Å². The Labute approximate surface area is 162 Å². The van der Waals surface area contributed by atoms with Gasteiger partial charge in [0.05, 0.1) is 15.6 Å². The Morgan fingerprint density at radius 1 is 1.29 bits per heavy atom. The lowest BCUT2D eigenvalue weighted by Crippen LogP contribution is -2.17. The molecule has 1 aromatic rings. The van der Waals surface area contributed by atoms with E-state index >= 15 is 0 Å². The number of carbonyl (C=O) groups excluding carboxylic acids is 2. The van der Waals surface area contributed by atoms with Crippen LogP contribution >= 0.6 is 43.5 Å². The van der Waals surface area contributed by atoms with Crippen molar-refractivity contribution < 1.29 is 14.3 Å². The van der Waals surface area contributed by atoms with E-state index in [4.69, 9.17) is 22.1 Å². The van der Waals surface area contributed by atoms with Crippen LogP contribution in [0.2, 0.25) is 0 Å². The standard InChI is InChI=1S/C16H17Br2ClN2O3/c17-10-6-9(2-3-20)7-11(18)16(10)24-5-1-4-21-14-13(22)8-12(19)15(14)23/h6-7,12H,1-5,8,20H2. The van der Waals surface area contributed by atoms with E-state index in [0.29, 0.717) is 31.9 Å². The largest absolute Gasteiger partial charge is 0.491 e. The molecule has 1 atom stereocenters. The number of ketones is 2. The van der Waals surface area contributed by atoms with Crippen molar-refractivity contribution >= 4 is 60.7 Å². The predicted octanol–water partition coefficient (Wildman–Crippen LogP) is 3.07. The highest BCUT2D eigenvalue weighted by Crippen LogP contribution is 2.35. The first-order valence-corrected chi connectivity index (χ1v) is 9.53. The van der Waals surface area contributed by atoms with Crippen LogP contribution in [0, 0.1) is 0 Å². The molecule has 0 spiro atoms. The fourth-order valence-electron chi connectivity index (χ4n) is 2.29. The summed E-state index contributed by atoms with van der Waals surface area (Å²) in [5, 5.41) is -0.758. The number of nitrogens with zero attached hydrogens (tertiary/aromatic N) is 1. The highest BCUT2D eigenvalue weighted by molar-refractivity contribution is 9.11. The minimum atomic E-state index is -0.758. The van der Waals surface area contributed by atoms with E-state index in [-0.39, 0.29) is 23.7 Å². The molecule has 130 valence electrons. The second-order valence-corrected chi connectivity index (χ2v) is 7.55. The molecule has 1 saturated carbocycles. The number of aliphatic imine (C=N–C) groups is 1. The maximum Gasteiger partial charge on any atom is 0.202 e. The molecule has 1 unspecified atom stereocenters. The minimum Gasteiger partial charge on any atom is -0.491 e. The van der Waals surface area contributed by atoms with Crippen molar-refractivity contribution in [2.45, 2.75) is 24.6 Å². The Bertz CT molecular complexity index is 656. The number of rotatable bonds is 7. The summed E-state index contributed by atoms with van der Waals surface area (Å²) in [6.07, 6.45) is 1.42. The fourth-order valence-corrected chi connectivity index (χ4v) is 4.05. The number of carbonyl (C=O) groups is 2. The van der Waals surface area contributed by atoms with Gasteiger partial charge >= 0.3 is 0 Å². The normalized spacial score (nSPS) is 19.3. The van der Waals surface area contributed by atoms with Gasteiger partial charge in [-0.05, 0) is 62.5 Å². The SMILES string of the molecule is NCCc1cc(Br)c(OCCCN=C2C(=O)CC(Cl)C2=O)c(Br)c1. The lowest BCUT2D eigenvalue weighted by atomic mass is 10.1. The van der Waals surface area contributed by atoms with E-state index < -0.39 is 5.38 Å². The van der Waals surface area contributed by atoms with Crippen LogP contribution in [0.25, 0.3) is 0 Å². The Morgan fingerprint density at radius 2 is 1.96 bits per heavy atom. The van der Waals surface area contributed by atoms with Gasteiger partial charge in [-0.1, -0.05) is 0 Å². The summed E-state index contributed by atoms with van der Waals surface area (Å²) < 4.78 is 7.44. The van der Waals surface area contributed by atoms with Gasteiger partial charge in [0.25, 0.3) is 0 Å². The summed E-state index contributed by atoms with van der Waals surface area (Å²) in [6.45, 7) is 1.34. The topological polar surface area (TPSA) is 81.8 Å². The first kappa shape index (κ1) is 19.6. The lowest BCUT2D eigenvalue weighted by molar-refractivity contribution is -0.112. The number of halogens is 3. The summed E-state index contributed by atoms with van der Waals surface area (Å²) >= 11 is 12.7. The fraction of sp³-hybridized carbons (Fsp3) is 0.438. The van der Waals surface area contributed by atoms with E-state index in [1.54, 1.807) is 0 Å². The number of ether oxygens (including phenoxy) is 1. The third kappa shape index (κ3) is 4.88. The molecule has 2 rings (SSSR count). The van der Waals surface area contributed by atoms with Crippen molar-refractivity contribution in [2.24, 2.45) is 10.7 Å². The summed E-state index contributed by atoms with van der Waals surface area (Å²) in [5.41, 5.74) is 6.67. The molecule has 1 aliphatic carbocycles. The highest BCUT2D eigenvalue weighted by Gasteiger charge is 2.36. The summed E-state index contributed by atoms with van der Waals surface area (Å²) in [7, 11) is 0. The number of hydrogen-bond donors (Lipinski definition) is 1. The Kier molecular flexibility index (Phi) is 7.40. The van der Waals surface area contributed by atoms with Gasteiger partial charge in [-0.25, -0.2) is 0 Å². The number of nitrogens with two attached hydrogens (primary N) is 1. The predicted molar refractivity (Wildman–Crippen MR) is 101 cm³/mol. The molecule has 0 radical (unpaired) electrons. The molecule has 0 aromatic heterocycles. The van der Waals surface area contributed by atoms with Crippen LogP contribution in [0.15, 0.2) is 26.1 Å².